The number of carboxylic acids is 1. The Balaban J connectivity index is 2.30. The van der Waals surface area contributed by atoms with Crippen LogP contribution in [0.2, 0.25) is 5.02 Å². The number of anilines is 1. The van der Waals surface area contributed by atoms with Crippen LogP contribution in [0.4, 0.5) is 10.1 Å². The highest BCUT2D eigenvalue weighted by molar-refractivity contribution is 6.30. The molecule has 0 aliphatic carbocycles. The number of hydrogen-bond acceptors (Lipinski definition) is 3. The molecular formula is C15H13ClFNO3. The van der Waals surface area contributed by atoms with Crippen molar-refractivity contribution < 1.29 is 19.4 Å². The second kappa shape index (κ2) is 6.45. The van der Waals surface area contributed by atoms with E-state index in [4.69, 9.17) is 16.7 Å². The highest BCUT2D eigenvalue weighted by Crippen LogP contribution is 2.23. The molecule has 0 radical (unpaired) electrons. The predicted octanol–water partition coefficient (Wildman–Crippen LogP) is 3.28. The van der Waals surface area contributed by atoms with Gasteiger partial charge in [-0.25, -0.2) is 4.39 Å². The van der Waals surface area contributed by atoms with Crippen LogP contribution in [0.25, 0.3) is 0 Å². The Labute approximate surface area is 126 Å². The second-order valence-electron chi connectivity index (χ2n) is 4.55. The topological polar surface area (TPSA) is 60.8 Å². The number of hydrogen-bond donors (Lipinski definition) is 2. The van der Waals surface area contributed by atoms with Crippen LogP contribution < -0.4 is 4.90 Å². The first kappa shape index (κ1) is 15.1. The van der Waals surface area contributed by atoms with E-state index in [2.05, 4.69) is 0 Å². The summed E-state index contributed by atoms with van der Waals surface area (Å²) >= 11 is 5.90. The van der Waals surface area contributed by atoms with Crippen molar-refractivity contribution in [3.05, 3.63) is 58.9 Å². The van der Waals surface area contributed by atoms with Crippen molar-refractivity contribution in [2.24, 2.45) is 0 Å². The zero-order chi connectivity index (χ0) is 15.4. The molecule has 2 N–H and O–H groups in total. The van der Waals surface area contributed by atoms with Gasteiger partial charge in [0.25, 0.3) is 0 Å². The van der Waals surface area contributed by atoms with Gasteiger partial charge in [0, 0.05) is 23.3 Å². The number of aromatic hydroxyl groups is 1. The molecule has 0 amide bonds. The number of carbonyl (C=O) groups is 1. The molecule has 0 saturated heterocycles. The number of phenolic OH excluding ortho intramolecular Hbond substituents is 1. The lowest BCUT2D eigenvalue weighted by atomic mass is 10.1. The monoisotopic (exact) mass is 309 g/mol. The summed E-state index contributed by atoms with van der Waals surface area (Å²) in [5.41, 5.74) is 1.07. The third-order valence-corrected chi connectivity index (χ3v) is 3.05. The maximum Gasteiger partial charge on any atom is 0.323 e. The first-order valence-corrected chi connectivity index (χ1v) is 6.52. The van der Waals surface area contributed by atoms with Gasteiger partial charge in [0.2, 0.25) is 0 Å². The van der Waals surface area contributed by atoms with Crippen molar-refractivity contribution in [1.29, 1.82) is 0 Å². The molecule has 0 aromatic heterocycles. The molecule has 6 heteroatoms. The van der Waals surface area contributed by atoms with Gasteiger partial charge in [-0.3, -0.25) is 4.79 Å². The third kappa shape index (κ3) is 4.36. The molecule has 21 heavy (non-hydrogen) atoms. The summed E-state index contributed by atoms with van der Waals surface area (Å²) in [6, 6.07) is 10.4. The summed E-state index contributed by atoms with van der Waals surface area (Å²) in [5.74, 6) is -1.80. The Morgan fingerprint density at radius 1 is 1.24 bits per heavy atom. The molecule has 4 nitrogen and oxygen atoms in total. The molecular weight excluding hydrogens is 297 g/mol. The molecule has 0 heterocycles. The fourth-order valence-corrected chi connectivity index (χ4v) is 2.20. The molecule has 2 aromatic rings. The molecule has 0 aliphatic rings. The molecule has 110 valence electrons. The Bertz CT molecular complexity index is 643. The van der Waals surface area contributed by atoms with Crippen molar-refractivity contribution in [3.63, 3.8) is 0 Å². The average Bonchev–Trinajstić information content (AvgIpc) is 2.36. The average molecular weight is 310 g/mol. The predicted molar refractivity (Wildman–Crippen MR) is 78.2 cm³/mol. The third-order valence-electron chi connectivity index (χ3n) is 2.82. The number of aliphatic carboxylic acids is 1. The minimum atomic E-state index is -1.02. The van der Waals surface area contributed by atoms with E-state index in [0.29, 0.717) is 16.3 Å². The van der Waals surface area contributed by atoms with E-state index in [9.17, 15) is 14.3 Å². The summed E-state index contributed by atoms with van der Waals surface area (Å²) in [6.07, 6.45) is 0. The summed E-state index contributed by atoms with van der Waals surface area (Å²) in [4.78, 5) is 12.5. The normalized spacial score (nSPS) is 10.4. The number of nitrogens with zero attached hydrogens (tertiary/aromatic N) is 1. The Hall–Kier alpha value is -2.27. The molecule has 0 bridgehead atoms. The SMILES string of the molecule is O=C(O)CN(Cc1cc(O)cc(F)c1)c1cccc(Cl)c1. The summed E-state index contributed by atoms with van der Waals surface area (Å²) in [6.45, 7) is -0.129. The standard InChI is InChI=1S/C15H13ClFNO3/c16-11-2-1-3-13(6-11)18(9-15(20)21)8-10-4-12(17)7-14(19)5-10/h1-7,19H,8-9H2,(H,20,21). The van der Waals surface area contributed by atoms with Crippen LogP contribution >= 0.6 is 11.6 Å². The first-order valence-electron chi connectivity index (χ1n) is 6.15. The van der Waals surface area contributed by atoms with E-state index >= 15 is 0 Å². The summed E-state index contributed by atoms with van der Waals surface area (Å²) in [7, 11) is 0. The molecule has 0 saturated carbocycles. The lowest BCUT2D eigenvalue weighted by Crippen LogP contribution is -2.29. The van der Waals surface area contributed by atoms with Crippen LogP contribution in [0, 0.1) is 5.82 Å². The van der Waals surface area contributed by atoms with Crippen LogP contribution in [0.15, 0.2) is 42.5 Å². The lowest BCUT2D eigenvalue weighted by Gasteiger charge is -2.23. The van der Waals surface area contributed by atoms with E-state index in [1.54, 1.807) is 24.3 Å². The van der Waals surface area contributed by atoms with E-state index in [1.807, 2.05) is 0 Å². The van der Waals surface area contributed by atoms with E-state index in [-0.39, 0.29) is 18.8 Å². The fourth-order valence-electron chi connectivity index (χ4n) is 2.02. The lowest BCUT2D eigenvalue weighted by molar-refractivity contribution is -0.135. The number of rotatable bonds is 5. The zero-order valence-corrected chi connectivity index (χ0v) is 11.7. The fraction of sp³-hybridized carbons (Fsp3) is 0.133. The Morgan fingerprint density at radius 2 is 2.00 bits per heavy atom. The van der Waals surface area contributed by atoms with Gasteiger partial charge in [0.15, 0.2) is 0 Å². The molecule has 2 aromatic carbocycles. The van der Waals surface area contributed by atoms with Crippen molar-refractivity contribution in [1.82, 2.24) is 0 Å². The summed E-state index contributed by atoms with van der Waals surface area (Å²) < 4.78 is 13.3. The van der Waals surface area contributed by atoms with E-state index in [0.717, 1.165) is 6.07 Å². The van der Waals surface area contributed by atoms with E-state index in [1.165, 1.54) is 17.0 Å². The maximum absolute atomic E-state index is 13.3. The van der Waals surface area contributed by atoms with Crippen LogP contribution in [0.5, 0.6) is 5.75 Å². The van der Waals surface area contributed by atoms with Crippen LogP contribution in [0.3, 0.4) is 0 Å². The highest BCUT2D eigenvalue weighted by Gasteiger charge is 2.13. The zero-order valence-electron chi connectivity index (χ0n) is 11.0. The van der Waals surface area contributed by atoms with E-state index < -0.39 is 11.8 Å². The smallest absolute Gasteiger partial charge is 0.323 e. The Kier molecular flexibility index (Phi) is 4.65. The van der Waals surface area contributed by atoms with Gasteiger partial charge in [0.05, 0.1) is 0 Å². The summed E-state index contributed by atoms with van der Waals surface area (Å²) in [5, 5.41) is 18.9. The van der Waals surface area contributed by atoms with Gasteiger partial charge in [-0.05, 0) is 35.9 Å². The van der Waals surface area contributed by atoms with Gasteiger partial charge in [-0.2, -0.15) is 0 Å². The van der Waals surface area contributed by atoms with Gasteiger partial charge >= 0.3 is 5.97 Å². The second-order valence-corrected chi connectivity index (χ2v) is 4.98. The highest BCUT2D eigenvalue weighted by atomic mass is 35.5. The quantitative estimate of drug-likeness (QED) is 0.890. The largest absolute Gasteiger partial charge is 0.508 e. The van der Waals surface area contributed by atoms with Gasteiger partial charge in [-0.15, -0.1) is 0 Å². The molecule has 0 aliphatic heterocycles. The minimum absolute atomic E-state index is 0.137. The maximum atomic E-state index is 13.3. The van der Waals surface area contributed by atoms with Gasteiger partial charge in [-0.1, -0.05) is 17.7 Å². The molecule has 0 fully saturated rings. The first-order chi connectivity index (χ1) is 9.94. The molecule has 2 rings (SSSR count). The molecule has 0 spiro atoms. The number of halogens is 2. The van der Waals surface area contributed by atoms with Crippen LogP contribution in [-0.2, 0) is 11.3 Å². The van der Waals surface area contributed by atoms with Gasteiger partial charge < -0.3 is 15.1 Å². The number of carboxylic acid groups (broad SMARTS) is 1. The van der Waals surface area contributed by atoms with Crippen molar-refractivity contribution >= 4 is 23.3 Å². The molecule has 0 unspecified atom stereocenters. The van der Waals surface area contributed by atoms with Crippen molar-refractivity contribution in [2.45, 2.75) is 6.54 Å². The minimum Gasteiger partial charge on any atom is -0.508 e. The number of phenols is 1. The van der Waals surface area contributed by atoms with Crippen LogP contribution in [-0.4, -0.2) is 22.7 Å². The Morgan fingerprint density at radius 3 is 2.62 bits per heavy atom. The molecule has 0 atom stereocenters. The van der Waals surface area contributed by atoms with Crippen LogP contribution in [0.1, 0.15) is 5.56 Å². The van der Waals surface area contributed by atoms with Crippen molar-refractivity contribution in [2.75, 3.05) is 11.4 Å². The van der Waals surface area contributed by atoms with Gasteiger partial charge in [0.1, 0.15) is 18.1 Å². The van der Waals surface area contributed by atoms with Crippen molar-refractivity contribution in [3.8, 4) is 5.75 Å². The number of benzene rings is 2.